The van der Waals surface area contributed by atoms with Gasteiger partial charge in [-0.3, -0.25) is 9.48 Å². The van der Waals surface area contributed by atoms with Crippen LogP contribution < -0.4 is 5.32 Å². The number of benzene rings is 1. The Bertz CT molecular complexity index is 777. The Labute approximate surface area is 153 Å². The molecule has 0 atom stereocenters. The highest BCUT2D eigenvalue weighted by Crippen LogP contribution is 2.29. The van der Waals surface area contributed by atoms with Crippen LogP contribution in [-0.2, 0) is 15.1 Å². The summed E-state index contributed by atoms with van der Waals surface area (Å²) >= 11 is 13.2. The number of carboxylic acid groups (broad SMARTS) is 1. The fraction of sp³-hybridized carbons (Fsp3) is 0.267. The molecule has 6 nitrogen and oxygen atoms in total. The number of aliphatic carboxylic acids is 1. The van der Waals surface area contributed by atoms with E-state index in [0.29, 0.717) is 20.6 Å². The molecule has 0 spiro atoms. The third kappa shape index (κ3) is 4.43. The Hall–Kier alpha value is -1.70. The number of aromatic nitrogens is 2. The van der Waals surface area contributed by atoms with Crippen molar-refractivity contribution >= 4 is 52.5 Å². The zero-order valence-electron chi connectivity index (χ0n) is 12.9. The molecule has 2 N–H and O–H groups in total. The minimum Gasteiger partial charge on any atom is -0.479 e. The molecular formula is C15H15Cl2N3O3S. The molecule has 0 bridgehead atoms. The van der Waals surface area contributed by atoms with Crippen molar-refractivity contribution in [2.45, 2.75) is 24.3 Å². The first-order valence-corrected chi connectivity index (χ1v) is 8.60. The van der Waals surface area contributed by atoms with Crippen LogP contribution in [0.4, 0.5) is 5.69 Å². The molecule has 0 fully saturated rings. The molecule has 24 heavy (non-hydrogen) atoms. The molecule has 0 saturated carbocycles. The van der Waals surface area contributed by atoms with Gasteiger partial charge in [-0.05, 0) is 32.0 Å². The normalized spacial score (nSPS) is 11.3. The molecule has 0 radical (unpaired) electrons. The van der Waals surface area contributed by atoms with Crippen LogP contribution in [0.5, 0.6) is 0 Å². The van der Waals surface area contributed by atoms with Gasteiger partial charge in [-0.2, -0.15) is 5.10 Å². The lowest BCUT2D eigenvalue weighted by Crippen LogP contribution is -2.35. The quantitative estimate of drug-likeness (QED) is 0.737. The van der Waals surface area contributed by atoms with Crippen molar-refractivity contribution in [3.63, 3.8) is 0 Å². The summed E-state index contributed by atoms with van der Waals surface area (Å²) in [6, 6.07) is 5.03. The van der Waals surface area contributed by atoms with Crippen molar-refractivity contribution in [1.82, 2.24) is 9.78 Å². The first-order chi connectivity index (χ1) is 11.2. The van der Waals surface area contributed by atoms with Crippen LogP contribution in [0.15, 0.2) is 35.5 Å². The van der Waals surface area contributed by atoms with Crippen LogP contribution in [0.1, 0.15) is 13.8 Å². The lowest BCUT2D eigenvalue weighted by molar-refractivity contribution is -0.146. The first kappa shape index (κ1) is 18.6. The summed E-state index contributed by atoms with van der Waals surface area (Å²) in [6.07, 6.45) is 2.88. The number of carbonyl (C=O) groups is 2. The van der Waals surface area contributed by atoms with Crippen molar-refractivity contribution in [3.8, 4) is 0 Å². The van der Waals surface area contributed by atoms with E-state index in [1.807, 2.05) is 0 Å². The highest BCUT2D eigenvalue weighted by molar-refractivity contribution is 8.00. The van der Waals surface area contributed by atoms with Gasteiger partial charge in [-0.25, -0.2) is 4.79 Å². The van der Waals surface area contributed by atoms with Gasteiger partial charge in [0.25, 0.3) is 0 Å². The van der Waals surface area contributed by atoms with Crippen molar-refractivity contribution in [1.29, 1.82) is 0 Å². The van der Waals surface area contributed by atoms with Gasteiger partial charge in [0.05, 0.1) is 22.7 Å². The first-order valence-electron chi connectivity index (χ1n) is 6.86. The number of thioether (sulfide) groups is 1. The van der Waals surface area contributed by atoms with Gasteiger partial charge in [0.15, 0.2) is 5.54 Å². The van der Waals surface area contributed by atoms with Gasteiger partial charge >= 0.3 is 5.97 Å². The van der Waals surface area contributed by atoms with Crippen LogP contribution in [0.3, 0.4) is 0 Å². The fourth-order valence-corrected chi connectivity index (χ4v) is 3.01. The Morgan fingerprint density at radius 3 is 2.75 bits per heavy atom. The average Bonchev–Trinajstić information content (AvgIpc) is 2.97. The molecule has 0 aliphatic rings. The molecule has 0 aliphatic heterocycles. The summed E-state index contributed by atoms with van der Waals surface area (Å²) < 4.78 is 1.28. The Morgan fingerprint density at radius 2 is 2.08 bits per heavy atom. The van der Waals surface area contributed by atoms with Crippen molar-refractivity contribution in [2.24, 2.45) is 0 Å². The van der Waals surface area contributed by atoms with E-state index in [2.05, 4.69) is 10.4 Å². The minimum atomic E-state index is -1.20. The lowest BCUT2D eigenvalue weighted by Gasteiger charge is -2.19. The molecule has 128 valence electrons. The number of halogens is 2. The largest absolute Gasteiger partial charge is 0.479 e. The van der Waals surface area contributed by atoms with Crippen molar-refractivity contribution < 1.29 is 14.7 Å². The number of anilines is 1. The number of carboxylic acids is 1. The van der Waals surface area contributed by atoms with E-state index in [9.17, 15) is 9.59 Å². The molecule has 1 aromatic carbocycles. The number of hydrogen-bond acceptors (Lipinski definition) is 4. The molecule has 1 heterocycles. The SMILES string of the molecule is CC(C)(C(=O)O)n1cc(NC(=O)CSc2cc(Cl)ccc2Cl)cn1. The second kappa shape index (κ2) is 7.46. The zero-order chi connectivity index (χ0) is 17.9. The number of rotatable bonds is 6. The average molecular weight is 388 g/mol. The number of nitrogens with one attached hydrogen (secondary N) is 1. The maximum absolute atomic E-state index is 12.0. The standard InChI is InChI=1S/C15H15Cl2N3O3S/c1-15(2,14(22)23)20-7-10(6-18-20)19-13(21)8-24-12-5-9(16)3-4-11(12)17/h3-7H,8H2,1-2H3,(H,19,21)(H,22,23). The number of amides is 1. The highest BCUT2D eigenvalue weighted by atomic mass is 35.5. The van der Waals surface area contributed by atoms with Crippen LogP contribution in [0.25, 0.3) is 0 Å². The van der Waals surface area contributed by atoms with Gasteiger partial charge < -0.3 is 10.4 Å². The van der Waals surface area contributed by atoms with Crippen LogP contribution in [0, 0.1) is 0 Å². The lowest BCUT2D eigenvalue weighted by atomic mass is 10.1. The molecule has 0 aliphatic carbocycles. The molecule has 2 rings (SSSR count). The number of nitrogens with zero attached hydrogens (tertiary/aromatic N) is 2. The van der Waals surface area contributed by atoms with E-state index >= 15 is 0 Å². The molecule has 0 unspecified atom stereocenters. The van der Waals surface area contributed by atoms with E-state index in [1.54, 1.807) is 18.2 Å². The van der Waals surface area contributed by atoms with E-state index in [0.717, 1.165) is 0 Å². The molecule has 9 heteroatoms. The second-order valence-electron chi connectivity index (χ2n) is 5.45. The van der Waals surface area contributed by atoms with Crippen LogP contribution in [-0.4, -0.2) is 32.5 Å². The minimum absolute atomic E-state index is 0.133. The highest BCUT2D eigenvalue weighted by Gasteiger charge is 2.30. The van der Waals surface area contributed by atoms with E-state index < -0.39 is 11.5 Å². The van der Waals surface area contributed by atoms with E-state index in [4.69, 9.17) is 28.3 Å². The summed E-state index contributed by atoms with van der Waals surface area (Å²) in [4.78, 5) is 23.9. The maximum Gasteiger partial charge on any atom is 0.331 e. The molecular weight excluding hydrogens is 373 g/mol. The summed E-state index contributed by atoms with van der Waals surface area (Å²) in [5, 5.41) is 16.9. The third-order valence-electron chi connectivity index (χ3n) is 3.21. The third-order valence-corrected chi connectivity index (χ3v) is 4.95. The number of hydrogen-bond donors (Lipinski definition) is 2. The van der Waals surface area contributed by atoms with E-state index in [1.165, 1.54) is 42.7 Å². The second-order valence-corrected chi connectivity index (χ2v) is 7.31. The smallest absolute Gasteiger partial charge is 0.331 e. The van der Waals surface area contributed by atoms with Crippen molar-refractivity contribution in [3.05, 3.63) is 40.6 Å². The monoisotopic (exact) mass is 387 g/mol. The predicted octanol–water partition coefficient (Wildman–Crippen LogP) is 3.74. The molecule has 0 saturated heterocycles. The summed E-state index contributed by atoms with van der Waals surface area (Å²) in [5.41, 5.74) is -0.779. The Morgan fingerprint density at radius 1 is 1.38 bits per heavy atom. The van der Waals surface area contributed by atoms with Crippen LogP contribution in [0.2, 0.25) is 10.0 Å². The predicted molar refractivity (Wildman–Crippen MR) is 95.0 cm³/mol. The van der Waals surface area contributed by atoms with E-state index in [-0.39, 0.29) is 11.7 Å². The van der Waals surface area contributed by atoms with Crippen molar-refractivity contribution in [2.75, 3.05) is 11.1 Å². The van der Waals surface area contributed by atoms with Gasteiger partial charge in [-0.15, -0.1) is 11.8 Å². The topological polar surface area (TPSA) is 84.2 Å². The summed E-state index contributed by atoms with van der Waals surface area (Å²) in [5.74, 6) is -1.15. The molecule has 1 aromatic heterocycles. The van der Waals surface area contributed by atoms with Gasteiger partial charge in [0.2, 0.25) is 5.91 Å². The van der Waals surface area contributed by atoms with Crippen LogP contribution >= 0.6 is 35.0 Å². The van der Waals surface area contributed by atoms with Gasteiger partial charge in [0.1, 0.15) is 0 Å². The Balaban J connectivity index is 1.97. The zero-order valence-corrected chi connectivity index (χ0v) is 15.2. The Kier molecular flexibility index (Phi) is 5.79. The summed E-state index contributed by atoms with van der Waals surface area (Å²) in [6.45, 7) is 3.04. The molecule has 2 aromatic rings. The number of carbonyl (C=O) groups excluding carboxylic acids is 1. The maximum atomic E-state index is 12.0. The van der Waals surface area contributed by atoms with Gasteiger partial charge in [-0.1, -0.05) is 23.2 Å². The van der Waals surface area contributed by atoms with Gasteiger partial charge in [0, 0.05) is 16.1 Å². The fourth-order valence-electron chi connectivity index (χ4n) is 1.72. The molecule has 1 amide bonds. The summed E-state index contributed by atoms with van der Waals surface area (Å²) in [7, 11) is 0.